The van der Waals surface area contributed by atoms with Crippen LogP contribution >= 0.6 is 22.9 Å². The molecule has 1 fully saturated rings. The minimum Gasteiger partial charge on any atom is -0.390 e. The molecule has 1 aromatic rings. The van der Waals surface area contributed by atoms with Crippen molar-refractivity contribution in [2.24, 2.45) is 5.92 Å². The molecule has 2 N–H and O–H groups in total. The molecule has 6 heteroatoms. The molecule has 1 amide bonds. The topological polar surface area (TPSA) is 52.6 Å². The lowest BCUT2D eigenvalue weighted by atomic mass is 9.99. The van der Waals surface area contributed by atoms with E-state index >= 15 is 0 Å². The fraction of sp³-hybridized carbons (Fsp3) is 0.688. The monoisotopic (exact) mass is 344 g/mol. The molecule has 124 valence electrons. The van der Waals surface area contributed by atoms with Gasteiger partial charge in [-0.15, -0.1) is 11.3 Å². The van der Waals surface area contributed by atoms with Gasteiger partial charge in [-0.05, 0) is 50.9 Å². The molecule has 0 aliphatic carbocycles. The van der Waals surface area contributed by atoms with Crippen molar-refractivity contribution < 1.29 is 9.90 Å². The lowest BCUT2D eigenvalue weighted by Gasteiger charge is -2.31. The predicted molar refractivity (Wildman–Crippen MR) is 91.6 cm³/mol. The number of piperidine rings is 1. The quantitative estimate of drug-likeness (QED) is 0.834. The summed E-state index contributed by atoms with van der Waals surface area (Å²) in [4.78, 5) is 15.3. The third kappa shape index (κ3) is 5.23. The molecule has 2 atom stereocenters. The number of carbonyl (C=O) groups excluding carboxylic acids is 1. The molecule has 22 heavy (non-hydrogen) atoms. The van der Waals surface area contributed by atoms with E-state index in [0.717, 1.165) is 23.9 Å². The van der Waals surface area contributed by atoms with E-state index in [0.29, 0.717) is 17.4 Å². The molecular weight excluding hydrogens is 320 g/mol. The van der Waals surface area contributed by atoms with Crippen molar-refractivity contribution in [3.63, 3.8) is 0 Å². The van der Waals surface area contributed by atoms with Crippen LogP contribution < -0.4 is 5.32 Å². The van der Waals surface area contributed by atoms with Crippen molar-refractivity contribution in [1.29, 1.82) is 0 Å². The molecule has 1 aromatic heterocycles. The van der Waals surface area contributed by atoms with Gasteiger partial charge in [-0.25, -0.2) is 0 Å². The Hall–Kier alpha value is -0.620. The van der Waals surface area contributed by atoms with Gasteiger partial charge in [-0.1, -0.05) is 18.5 Å². The molecule has 2 heterocycles. The van der Waals surface area contributed by atoms with Crippen LogP contribution in [0.4, 0.5) is 0 Å². The van der Waals surface area contributed by atoms with Gasteiger partial charge in [0, 0.05) is 18.0 Å². The third-order valence-electron chi connectivity index (χ3n) is 4.27. The summed E-state index contributed by atoms with van der Waals surface area (Å²) < 4.78 is 0.689. The van der Waals surface area contributed by atoms with Crippen LogP contribution in [-0.2, 0) is 4.79 Å². The highest BCUT2D eigenvalue weighted by molar-refractivity contribution is 7.16. The standard InChI is InChI=1S/C16H25ClN2O2S/c1-11-5-7-19(8-6-11)10-13(20)9-18-16(21)12(2)14-3-4-15(17)22-14/h3-4,11-13,20H,5-10H2,1-2H3,(H,18,21). The molecule has 0 saturated carbocycles. The van der Waals surface area contributed by atoms with Gasteiger partial charge in [0.05, 0.1) is 16.4 Å². The number of rotatable bonds is 6. The molecule has 0 aromatic carbocycles. The van der Waals surface area contributed by atoms with Crippen LogP contribution in [0, 0.1) is 5.92 Å². The summed E-state index contributed by atoms with van der Waals surface area (Å²) >= 11 is 7.32. The Bertz CT molecular complexity index is 486. The average Bonchev–Trinajstić information content (AvgIpc) is 2.93. The summed E-state index contributed by atoms with van der Waals surface area (Å²) in [7, 11) is 0. The van der Waals surface area contributed by atoms with Crippen molar-refractivity contribution in [3.05, 3.63) is 21.3 Å². The van der Waals surface area contributed by atoms with Crippen molar-refractivity contribution in [2.45, 2.75) is 38.7 Å². The third-order valence-corrected chi connectivity index (χ3v) is 5.69. The van der Waals surface area contributed by atoms with Crippen molar-refractivity contribution in [1.82, 2.24) is 10.2 Å². The van der Waals surface area contributed by atoms with Crippen molar-refractivity contribution >= 4 is 28.8 Å². The second-order valence-corrected chi connectivity index (χ2v) is 7.99. The summed E-state index contributed by atoms with van der Waals surface area (Å²) in [6.45, 7) is 7.13. The Kier molecular flexibility index (Phi) is 6.68. The van der Waals surface area contributed by atoms with Crippen LogP contribution in [0.15, 0.2) is 12.1 Å². The van der Waals surface area contributed by atoms with E-state index in [9.17, 15) is 9.90 Å². The molecule has 4 nitrogen and oxygen atoms in total. The largest absolute Gasteiger partial charge is 0.390 e. The number of aliphatic hydroxyl groups is 1. The Morgan fingerprint density at radius 2 is 2.18 bits per heavy atom. The van der Waals surface area contributed by atoms with Crippen molar-refractivity contribution in [3.8, 4) is 0 Å². The molecule has 1 saturated heterocycles. The Labute approximate surface area is 141 Å². The van der Waals surface area contributed by atoms with E-state index in [2.05, 4.69) is 17.1 Å². The number of hydrogen-bond donors (Lipinski definition) is 2. The zero-order valence-electron chi connectivity index (χ0n) is 13.2. The van der Waals surface area contributed by atoms with Gasteiger partial charge in [-0.3, -0.25) is 4.79 Å². The summed E-state index contributed by atoms with van der Waals surface area (Å²) in [6.07, 6.45) is 1.86. The molecule has 1 aliphatic heterocycles. The Balaban J connectivity index is 1.71. The van der Waals surface area contributed by atoms with Crippen molar-refractivity contribution in [2.75, 3.05) is 26.2 Å². The number of likely N-dealkylation sites (tertiary alicyclic amines) is 1. The molecule has 0 radical (unpaired) electrons. The summed E-state index contributed by atoms with van der Waals surface area (Å²) in [6, 6.07) is 3.68. The number of aliphatic hydroxyl groups excluding tert-OH is 1. The van der Waals surface area contributed by atoms with Gasteiger partial charge in [0.25, 0.3) is 0 Å². The molecule has 2 unspecified atom stereocenters. The highest BCUT2D eigenvalue weighted by Gasteiger charge is 2.20. The fourth-order valence-corrected chi connectivity index (χ4v) is 3.78. The minimum absolute atomic E-state index is 0.0650. The predicted octanol–water partition coefficient (Wildman–Crippen LogP) is 2.71. The minimum atomic E-state index is -0.517. The van der Waals surface area contributed by atoms with E-state index in [1.807, 2.05) is 13.0 Å². The van der Waals surface area contributed by atoms with E-state index in [1.165, 1.54) is 24.2 Å². The van der Waals surface area contributed by atoms with E-state index in [-0.39, 0.29) is 11.8 Å². The molecule has 2 rings (SSSR count). The van der Waals surface area contributed by atoms with Crippen LogP contribution in [0.3, 0.4) is 0 Å². The van der Waals surface area contributed by atoms with Gasteiger partial charge in [-0.2, -0.15) is 0 Å². The van der Waals surface area contributed by atoms with Gasteiger partial charge in [0.15, 0.2) is 0 Å². The number of nitrogens with one attached hydrogen (secondary N) is 1. The van der Waals surface area contributed by atoms with E-state index in [1.54, 1.807) is 6.07 Å². The van der Waals surface area contributed by atoms with Gasteiger partial charge in [0.1, 0.15) is 0 Å². The summed E-state index contributed by atoms with van der Waals surface area (Å²) in [5.41, 5.74) is 0. The van der Waals surface area contributed by atoms with E-state index in [4.69, 9.17) is 11.6 Å². The molecule has 1 aliphatic rings. The molecule has 0 bridgehead atoms. The average molecular weight is 345 g/mol. The van der Waals surface area contributed by atoms with Gasteiger partial charge < -0.3 is 15.3 Å². The van der Waals surface area contributed by atoms with Crippen LogP contribution in [0.25, 0.3) is 0 Å². The maximum atomic E-state index is 12.1. The number of nitrogens with zero attached hydrogens (tertiary/aromatic N) is 1. The number of hydrogen-bond acceptors (Lipinski definition) is 4. The summed E-state index contributed by atoms with van der Waals surface area (Å²) in [5, 5.41) is 12.9. The fourth-order valence-electron chi connectivity index (χ4n) is 2.67. The van der Waals surface area contributed by atoms with Gasteiger partial charge in [0.2, 0.25) is 5.91 Å². The first-order valence-electron chi connectivity index (χ1n) is 7.89. The van der Waals surface area contributed by atoms with Crippen LogP contribution in [0.1, 0.15) is 37.5 Å². The number of β-amino-alcohol motifs (C(OH)–C–C–N with tert-alkyl or cyclic N) is 1. The second kappa shape index (κ2) is 8.29. The number of amides is 1. The Morgan fingerprint density at radius 3 is 2.77 bits per heavy atom. The zero-order chi connectivity index (χ0) is 16.1. The zero-order valence-corrected chi connectivity index (χ0v) is 14.8. The normalized spacial score (nSPS) is 19.8. The first-order valence-corrected chi connectivity index (χ1v) is 9.08. The number of halogens is 1. The van der Waals surface area contributed by atoms with Crippen LogP contribution in [0.5, 0.6) is 0 Å². The molecule has 0 spiro atoms. The lowest BCUT2D eigenvalue weighted by molar-refractivity contribution is -0.122. The first-order chi connectivity index (χ1) is 10.5. The summed E-state index contributed by atoms with van der Waals surface area (Å²) in [5.74, 6) is 0.483. The number of thiophene rings is 1. The van der Waals surface area contributed by atoms with Gasteiger partial charge >= 0.3 is 0 Å². The lowest BCUT2D eigenvalue weighted by Crippen LogP contribution is -2.43. The SMILES string of the molecule is CC1CCN(CC(O)CNC(=O)C(C)c2ccc(Cl)s2)CC1. The second-order valence-electron chi connectivity index (χ2n) is 6.25. The van der Waals surface area contributed by atoms with E-state index < -0.39 is 6.10 Å². The van der Waals surface area contributed by atoms with Crippen LogP contribution in [-0.4, -0.2) is 48.2 Å². The molecular formula is C16H25ClN2O2S. The maximum Gasteiger partial charge on any atom is 0.228 e. The highest BCUT2D eigenvalue weighted by atomic mass is 35.5. The number of carbonyl (C=O) groups is 1. The smallest absolute Gasteiger partial charge is 0.228 e. The van der Waals surface area contributed by atoms with Crippen LogP contribution in [0.2, 0.25) is 4.34 Å². The Morgan fingerprint density at radius 1 is 1.50 bits per heavy atom. The maximum absolute atomic E-state index is 12.1. The highest BCUT2D eigenvalue weighted by Crippen LogP contribution is 2.28. The first kappa shape index (κ1) is 17.7.